The Morgan fingerprint density at radius 1 is 1.19 bits per heavy atom. The van der Waals surface area contributed by atoms with Gasteiger partial charge in [0.15, 0.2) is 0 Å². The van der Waals surface area contributed by atoms with E-state index in [1.54, 1.807) is 19.1 Å². The van der Waals surface area contributed by atoms with Crippen molar-refractivity contribution in [2.45, 2.75) is 37.5 Å². The van der Waals surface area contributed by atoms with Crippen LogP contribution in [0, 0.1) is 0 Å². The van der Waals surface area contributed by atoms with Crippen LogP contribution in [0.2, 0.25) is 0 Å². The number of fused-ring (bicyclic) bond motifs is 1. The second-order valence-electron chi connectivity index (χ2n) is 8.58. The first kappa shape index (κ1) is 22.1. The van der Waals surface area contributed by atoms with Gasteiger partial charge in [-0.1, -0.05) is 0 Å². The summed E-state index contributed by atoms with van der Waals surface area (Å²) in [5.41, 5.74) is 0.537. The topological polar surface area (TPSA) is 116 Å². The summed E-state index contributed by atoms with van der Waals surface area (Å²) >= 11 is 0. The summed E-state index contributed by atoms with van der Waals surface area (Å²) in [6.45, 7) is 1.30. The van der Waals surface area contributed by atoms with E-state index < -0.39 is 29.7 Å². The van der Waals surface area contributed by atoms with E-state index in [2.05, 4.69) is 10.2 Å². The lowest BCUT2D eigenvalue weighted by Crippen LogP contribution is -2.54. The number of imide groups is 2. The number of amides is 5. The van der Waals surface area contributed by atoms with E-state index in [0.29, 0.717) is 12.1 Å². The maximum absolute atomic E-state index is 13.0. The monoisotopic (exact) mass is 442 g/mol. The van der Waals surface area contributed by atoms with Crippen LogP contribution in [-0.4, -0.2) is 96.7 Å². The number of rotatable bonds is 5. The summed E-state index contributed by atoms with van der Waals surface area (Å²) in [4.78, 5) is 67.0. The lowest BCUT2D eigenvalue weighted by atomic mass is 10.0. The molecular formula is C22H26N4O6. The molecule has 10 heteroatoms. The van der Waals surface area contributed by atoms with Gasteiger partial charge in [0.25, 0.3) is 17.7 Å². The number of piperidine rings is 1. The molecule has 5 amide bonds. The van der Waals surface area contributed by atoms with E-state index >= 15 is 0 Å². The van der Waals surface area contributed by atoms with E-state index in [1.807, 2.05) is 7.05 Å². The molecule has 0 saturated carbocycles. The van der Waals surface area contributed by atoms with E-state index in [9.17, 15) is 24.0 Å². The summed E-state index contributed by atoms with van der Waals surface area (Å²) in [5, 5.41) is 2.17. The van der Waals surface area contributed by atoms with Gasteiger partial charge in [0.05, 0.1) is 17.2 Å². The quantitative estimate of drug-likeness (QED) is 0.632. The van der Waals surface area contributed by atoms with Gasteiger partial charge < -0.3 is 9.64 Å². The molecule has 0 spiro atoms. The molecule has 3 atom stereocenters. The Hall–Kier alpha value is -3.11. The van der Waals surface area contributed by atoms with Crippen molar-refractivity contribution in [2.75, 3.05) is 34.3 Å². The summed E-state index contributed by atoms with van der Waals surface area (Å²) in [6.07, 6.45) is 1.10. The smallest absolute Gasteiger partial charge is 0.262 e. The molecular weight excluding hydrogens is 416 g/mol. The Bertz CT molecular complexity index is 1010. The van der Waals surface area contributed by atoms with Crippen LogP contribution < -0.4 is 5.32 Å². The van der Waals surface area contributed by atoms with Crippen LogP contribution in [0.5, 0.6) is 0 Å². The number of ether oxygens (including phenoxy) is 1. The Kier molecular flexibility index (Phi) is 5.83. The van der Waals surface area contributed by atoms with Crippen LogP contribution in [0.3, 0.4) is 0 Å². The Morgan fingerprint density at radius 3 is 2.56 bits per heavy atom. The minimum Gasteiger partial charge on any atom is -0.380 e. The molecule has 2 fully saturated rings. The van der Waals surface area contributed by atoms with Gasteiger partial charge in [0.1, 0.15) is 6.04 Å². The fourth-order valence-electron chi connectivity index (χ4n) is 4.64. The van der Waals surface area contributed by atoms with Crippen LogP contribution in [-0.2, 0) is 14.3 Å². The van der Waals surface area contributed by atoms with E-state index in [-0.39, 0.29) is 42.0 Å². The minimum atomic E-state index is -1.03. The predicted octanol–water partition coefficient (Wildman–Crippen LogP) is -0.121. The fraction of sp³-hybridized carbons (Fsp3) is 0.500. The number of carbonyl (C=O) groups is 5. The van der Waals surface area contributed by atoms with Crippen LogP contribution in [0.25, 0.3) is 0 Å². The summed E-state index contributed by atoms with van der Waals surface area (Å²) in [7, 11) is 5.37. The van der Waals surface area contributed by atoms with Crippen molar-refractivity contribution in [2.24, 2.45) is 0 Å². The number of nitrogens with zero attached hydrogens (tertiary/aromatic N) is 3. The van der Waals surface area contributed by atoms with Crippen molar-refractivity contribution >= 4 is 29.5 Å². The number of benzene rings is 1. The molecule has 0 bridgehead atoms. The molecule has 3 aliphatic heterocycles. The molecule has 170 valence electrons. The molecule has 32 heavy (non-hydrogen) atoms. The third kappa shape index (κ3) is 3.80. The Morgan fingerprint density at radius 2 is 1.91 bits per heavy atom. The summed E-state index contributed by atoms with van der Waals surface area (Å²) in [6, 6.07) is 3.51. The number of methoxy groups -OCH3 is 1. The normalized spacial score (nSPS) is 25.8. The zero-order chi connectivity index (χ0) is 23.2. The van der Waals surface area contributed by atoms with Crippen LogP contribution >= 0.6 is 0 Å². The van der Waals surface area contributed by atoms with Crippen molar-refractivity contribution < 1.29 is 28.7 Å². The lowest BCUT2D eigenvalue weighted by molar-refractivity contribution is -0.136. The average Bonchev–Trinajstić information content (AvgIpc) is 3.24. The highest BCUT2D eigenvalue weighted by Crippen LogP contribution is 2.29. The van der Waals surface area contributed by atoms with Gasteiger partial charge in [-0.3, -0.25) is 39.1 Å². The second-order valence-corrected chi connectivity index (χ2v) is 8.58. The Balaban J connectivity index is 1.50. The molecule has 0 radical (unpaired) electrons. The number of carbonyl (C=O) groups excluding carboxylic acids is 5. The molecule has 3 heterocycles. The molecule has 1 unspecified atom stereocenters. The van der Waals surface area contributed by atoms with E-state index in [1.165, 1.54) is 18.2 Å². The average molecular weight is 442 g/mol. The van der Waals surface area contributed by atoms with Crippen molar-refractivity contribution in [1.29, 1.82) is 0 Å². The summed E-state index contributed by atoms with van der Waals surface area (Å²) in [5.74, 6) is -2.58. The van der Waals surface area contributed by atoms with Gasteiger partial charge in [-0.05, 0) is 38.1 Å². The molecule has 4 rings (SSSR count). The first-order valence-corrected chi connectivity index (χ1v) is 10.6. The first-order chi connectivity index (χ1) is 15.2. The molecule has 1 N–H and O–H groups in total. The highest BCUT2D eigenvalue weighted by molar-refractivity contribution is 6.24. The first-order valence-electron chi connectivity index (χ1n) is 10.6. The molecule has 0 aliphatic carbocycles. The number of nitrogens with one attached hydrogen (secondary N) is 1. The Labute approximate surface area is 185 Å². The van der Waals surface area contributed by atoms with E-state index in [0.717, 1.165) is 17.9 Å². The maximum Gasteiger partial charge on any atom is 0.262 e. The van der Waals surface area contributed by atoms with Gasteiger partial charge >= 0.3 is 0 Å². The lowest BCUT2D eigenvalue weighted by Gasteiger charge is -2.27. The van der Waals surface area contributed by atoms with E-state index in [4.69, 9.17) is 4.74 Å². The summed E-state index contributed by atoms with van der Waals surface area (Å²) < 4.78 is 5.42. The second kappa shape index (κ2) is 8.44. The number of hydrogen-bond acceptors (Lipinski definition) is 7. The van der Waals surface area contributed by atoms with Gasteiger partial charge in [-0.2, -0.15) is 0 Å². The van der Waals surface area contributed by atoms with Gasteiger partial charge in [0, 0.05) is 45.3 Å². The largest absolute Gasteiger partial charge is 0.380 e. The van der Waals surface area contributed by atoms with Crippen LogP contribution in [0.15, 0.2) is 18.2 Å². The fourth-order valence-corrected chi connectivity index (χ4v) is 4.64. The highest BCUT2D eigenvalue weighted by atomic mass is 16.5. The predicted molar refractivity (Wildman–Crippen MR) is 112 cm³/mol. The zero-order valence-corrected chi connectivity index (χ0v) is 18.3. The number of likely N-dealkylation sites (tertiary alicyclic amines) is 1. The molecule has 0 aromatic heterocycles. The molecule has 3 aliphatic rings. The minimum absolute atomic E-state index is 0.0535. The van der Waals surface area contributed by atoms with Gasteiger partial charge in [0.2, 0.25) is 11.8 Å². The van der Waals surface area contributed by atoms with Crippen molar-refractivity contribution in [3.63, 3.8) is 0 Å². The van der Waals surface area contributed by atoms with Crippen molar-refractivity contribution in [1.82, 2.24) is 20.0 Å². The van der Waals surface area contributed by atoms with Gasteiger partial charge in [-0.15, -0.1) is 0 Å². The molecule has 2 saturated heterocycles. The highest BCUT2D eigenvalue weighted by Gasteiger charge is 2.45. The number of likely N-dealkylation sites (N-methyl/N-ethyl adjacent to an activating group) is 2. The number of hydrogen-bond donors (Lipinski definition) is 1. The SMILES string of the molecule is CO[C@H]1C[C@@H](CN(C)C(=O)c2ccc3c(c2)C(=O)N(C2CCC(=O)NC2=O)C3=O)N(C)C1. The third-order valence-corrected chi connectivity index (χ3v) is 6.50. The molecule has 10 nitrogen and oxygen atoms in total. The standard InChI is InChI=1S/C22H26N4O6/c1-24-11-14(32-3)9-13(24)10-25(2)20(29)12-4-5-15-16(8-12)22(31)26(21(15)30)17-6-7-18(27)23-19(17)28/h4-5,8,13-14,17H,6-7,9-11H2,1-3H3,(H,23,27,28)/t13-,14-,17?/m0/s1. The van der Waals surface area contributed by atoms with Crippen LogP contribution in [0.4, 0.5) is 0 Å². The van der Waals surface area contributed by atoms with Crippen molar-refractivity contribution in [3.8, 4) is 0 Å². The van der Waals surface area contributed by atoms with Gasteiger partial charge in [-0.25, -0.2) is 0 Å². The maximum atomic E-state index is 13.0. The third-order valence-electron chi connectivity index (χ3n) is 6.50. The molecule has 1 aromatic carbocycles. The van der Waals surface area contributed by atoms with Crippen molar-refractivity contribution in [3.05, 3.63) is 34.9 Å². The zero-order valence-electron chi connectivity index (χ0n) is 18.3. The van der Waals surface area contributed by atoms with Crippen LogP contribution in [0.1, 0.15) is 50.3 Å². The molecule has 1 aromatic rings.